The molecule has 2 N–H and O–H groups in total. The lowest BCUT2D eigenvalue weighted by molar-refractivity contribution is 0.173. The van der Waals surface area contributed by atoms with Crippen LogP contribution in [0.25, 0.3) is 0 Å². The average molecular weight is 305 g/mol. The van der Waals surface area contributed by atoms with Crippen LogP contribution in [0, 0.1) is 6.92 Å². The van der Waals surface area contributed by atoms with Gasteiger partial charge in [0, 0.05) is 15.8 Å². The van der Waals surface area contributed by atoms with Crippen LogP contribution in [0.15, 0.2) is 36.4 Å². The Balaban J connectivity index is 2.21. The predicted molar refractivity (Wildman–Crippen MR) is 88.3 cm³/mol. The Bertz CT molecular complexity index is 565. The monoisotopic (exact) mass is 305 g/mol. The van der Waals surface area contributed by atoms with E-state index in [1.54, 1.807) is 11.3 Å². The molecular formula is C17H23NO2S. The Morgan fingerprint density at radius 1 is 1.14 bits per heavy atom. The summed E-state index contributed by atoms with van der Waals surface area (Å²) in [5.74, 6) is 1.53. The zero-order valence-corrected chi connectivity index (χ0v) is 13.7. The van der Waals surface area contributed by atoms with Crippen molar-refractivity contribution in [2.75, 3.05) is 6.61 Å². The molecule has 0 saturated carbocycles. The molecule has 4 heteroatoms. The Labute approximate surface area is 130 Å². The summed E-state index contributed by atoms with van der Waals surface area (Å²) in [6.07, 6.45) is 0.810. The van der Waals surface area contributed by atoms with Gasteiger partial charge in [0.1, 0.15) is 6.10 Å². The summed E-state index contributed by atoms with van der Waals surface area (Å²) in [4.78, 5) is 2.41. The predicted octanol–water partition coefficient (Wildman–Crippen LogP) is 4.31. The molecule has 2 rings (SSSR count). The van der Waals surface area contributed by atoms with Gasteiger partial charge in [0.2, 0.25) is 0 Å². The molecular weight excluding hydrogens is 282 g/mol. The van der Waals surface area contributed by atoms with Crippen LogP contribution < -0.4 is 15.2 Å². The summed E-state index contributed by atoms with van der Waals surface area (Å²) < 4.78 is 11.9. The van der Waals surface area contributed by atoms with Gasteiger partial charge in [0.15, 0.2) is 11.5 Å². The van der Waals surface area contributed by atoms with Crippen molar-refractivity contribution >= 4 is 11.3 Å². The maximum absolute atomic E-state index is 6.16. The number of hydrogen-bond donors (Lipinski definition) is 1. The van der Waals surface area contributed by atoms with Gasteiger partial charge in [-0.1, -0.05) is 19.1 Å². The molecule has 1 aromatic carbocycles. The molecule has 0 aliphatic carbocycles. The van der Waals surface area contributed by atoms with E-state index in [1.165, 1.54) is 4.88 Å². The fraction of sp³-hybridized carbons (Fsp3) is 0.412. The first-order chi connectivity index (χ1) is 10.1. The van der Waals surface area contributed by atoms with Crippen molar-refractivity contribution in [2.24, 2.45) is 5.73 Å². The molecule has 3 nitrogen and oxygen atoms in total. The number of para-hydroxylation sites is 2. The van der Waals surface area contributed by atoms with E-state index in [1.807, 2.05) is 31.2 Å². The third-order valence-electron chi connectivity index (χ3n) is 3.08. The Morgan fingerprint density at radius 3 is 2.43 bits per heavy atom. The Kier molecular flexibility index (Phi) is 5.65. The van der Waals surface area contributed by atoms with Crippen molar-refractivity contribution in [3.8, 4) is 11.5 Å². The smallest absolute Gasteiger partial charge is 0.162 e. The minimum atomic E-state index is -0.157. The number of hydrogen-bond acceptors (Lipinski definition) is 4. The third kappa shape index (κ3) is 4.22. The Hall–Kier alpha value is -1.52. The molecule has 21 heavy (non-hydrogen) atoms. The molecule has 0 amide bonds. The van der Waals surface area contributed by atoms with Crippen molar-refractivity contribution < 1.29 is 9.47 Å². The molecule has 0 bridgehead atoms. The molecule has 2 aromatic rings. The van der Waals surface area contributed by atoms with Crippen LogP contribution in [-0.2, 0) is 0 Å². The van der Waals surface area contributed by atoms with Crippen LogP contribution >= 0.6 is 11.3 Å². The molecule has 1 heterocycles. The highest BCUT2D eigenvalue weighted by atomic mass is 32.1. The van der Waals surface area contributed by atoms with E-state index in [0.29, 0.717) is 6.61 Å². The van der Waals surface area contributed by atoms with Crippen molar-refractivity contribution in [2.45, 2.75) is 39.3 Å². The van der Waals surface area contributed by atoms with Gasteiger partial charge in [-0.25, -0.2) is 0 Å². The number of ether oxygens (including phenoxy) is 2. The number of aryl methyl sites for hydroxylation is 1. The van der Waals surface area contributed by atoms with Crippen molar-refractivity contribution in [3.05, 3.63) is 46.2 Å². The van der Waals surface area contributed by atoms with E-state index < -0.39 is 0 Å². The lowest BCUT2D eigenvalue weighted by Crippen LogP contribution is -2.28. The summed E-state index contributed by atoms with van der Waals surface area (Å²) in [6.45, 7) is 6.82. The standard InChI is InChI=1S/C17H23NO2S/c1-4-11-19-14-7-5-6-8-15(14)20-17(13(3)18)16-10-9-12(2)21-16/h5-10,13,17H,4,11,18H2,1-3H3. The molecule has 2 unspecified atom stereocenters. The Morgan fingerprint density at radius 2 is 1.86 bits per heavy atom. The van der Waals surface area contributed by atoms with Crippen LogP contribution in [0.4, 0.5) is 0 Å². The van der Waals surface area contributed by atoms with E-state index in [2.05, 4.69) is 26.0 Å². The highest BCUT2D eigenvalue weighted by Gasteiger charge is 2.21. The lowest BCUT2D eigenvalue weighted by Gasteiger charge is -2.23. The van der Waals surface area contributed by atoms with Gasteiger partial charge < -0.3 is 15.2 Å². The molecule has 0 saturated heterocycles. The number of rotatable bonds is 7. The normalized spacial score (nSPS) is 13.7. The molecule has 1 aromatic heterocycles. The van der Waals surface area contributed by atoms with Gasteiger partial charge in [-0.3, -0.25) is 0 Å². The van der Waals surface area contributed by atoms with Gasteiger partial charge in [-0.2, -0.15) is 0 Å². The minimum absolute atomic E-state index is 0.0951. The largest absolute Gasteiger partial charge is 0.490 e. The summed E-state index contributed by atoms with van der Waals surface area (Å²) in [5, 5.41) is 0. The maximum Gasteiger partial charge on any atom is 0.162 e. The first kappa shape index (κ1) is 15.9. The van der Waals surface area contributed by atoms with Gasteiger partial charge in [0.25, 0.3) is 0 Å². The number of thiophene rings is 1. The summed E-state index contributed by atoms with van der Waals surface area (Å²) in [5.41, 5.74) is 6.12. The fourth-order valence-electron chi connectivity index (χ4n) is 2.05. The first-order valence-corrected chi connectivity index (χ1v) is 8.14. The second-order valence-electron chi connectivity index (χ2n) is 5.14. The van der Waals surface area contributed by atoms with E-state index >= 15 is 0 Å². The van der Waals surface area contributed by atoms with Gasteiger partial charge in [-0.15, -0.1) is 11.3 Å². The first-order valence-electron chi connectivity index (χ1n) is 7.32. The lowest BCUT2D eigenvalue weighted by atomic mass is 10.1. The van der Waals surface area contributed by atoms with E-state index in [0.717, 1.165) is 22.8 Å². The van der Waals surface area contributed by atoms with E-state index in [9.17, 15) is 0 Å². The average Bonchev–Trinajstić information content (AvgIpc) is 2.89. The molecule has 0 fully saturated rings. The quantitative estimate of drug-likeness (QED) is 0.829. The van der Waals surface area contributed by atoms with Gasteiger partial charge in [-0.05, 0) is 44.5 Å². The summed E-state index contributed by atoms with van der Waals surface area (Å²) in [6, 6.07) is 11.9. The second kappa shape index (κ2) is 7.48. The van der Waals surface area contributed by atoms with Crippen LogP contribution in [0.5, 0.6) is 11.5 Å². The van der Waals surface area contributed by atoms with Crippen molar-refractivity contribution in [1.29, 1.82) is 0 Å². The molecule has 0 aliphatic heterocycles. The van der Waals surface area contributed by atoms with E-state index in [4.69, 9.17) is 15.2 Å². The third-order valence-corrected chi connectivity index (χ3v) is 4.15. The molecule has 0 radical (unpaired) electrons. The van der Waals surface area contributed by atoms with Crippen LogP contribution in [0.3, 0.4) is 0 Å². The number of nitrogens with two attached hydrogens (primary N) is 1. The zero-order valence-electron chi connectivity index (χ0n) is 12.8. The molecule has 114 valence electrons. The SMILES string of the molecule is CCCOc1ccccc1OC(c1ccc(C)s1)C(C)N. The van der Waals surface area contributed by atoms with Crippen LogP contribution in [0.2, 0.25) is 0 Å². The maximum atomic E-state index is 6.16. The van der Waals surface area contributed by atoms with Crippen LogP contribution in [-0.4, -0.2) is 12.6 Å². The van der Waals surface area contributed by atoms with Crippen LogP contribution in [0.1, 0.15) is 36.1 Å². The van der Waals surface area contributed by atoms with Crippen molar-refractivity contribution in [1.82, 2.24) is 0 Å². The van der Waals surface area contributed by atoms with E-state index in [-0.39, 0.29) is 12.1 Å². The number of benzene rings is 1. The summed E-state index contributed by atoms with van der Waals surface area (Å²) in [7, 11) is 0. The molecule has 2 atom stereocenters. The fourth-order valence-corrected chi connectivity index (χ4v) is 3.07. The second-order valence-corrected chi connectivity index (χ2v) is 6.46. The molecule has 0 spiro atoms. The highest BCUT2D eigenvalue weighted by molar-refractivity contribution is 7.12. The van der Waals surface area contributed by atoms with Gasteiger partial charge >= 0.3 is 0 Å². The highest BCUT2D eigenvalue weighted by Crippen LogP contribution is 2.34. The van der Waals surface area contributed by atoms with Crippen molar-refractivity contribution in [3.63, 3.8) is 0 Å². The van der Waals surface area contributed by atoms with Gasteiger partial charge in [0.05, 0.1) is 6.61 Å². The minimum Gasteiger partial charge on any atom is -0.490 e. The summed E-state index contributed by atoms with van der Waals surface area (Å²) >= 11 is 1.72. The molecule has 0 aliphatic rings. The topological polar surface area (TPSA) is 44.5 Å². The zero-order chi connectivity index (χ0) is 15.2.